The van der Waals surface area contributed by atoms with Crippen molar-refractivity contribution in [3.8, 4) is 0 Å². The maximum atomic E-state index is 10.7. The second-order valence-electron chi connectivity index (χ2n) is 1.63. The van der Waals surface area contributed by atoms with Crippen molar-refractivity contribution in [1.29, 1.82) is 0 Å². The van der Waals surface area contributed by atoms with Crippen LogP contribution >= 0.6 is 23.2 Å². The van der Waals surface area contributed by atoms with Gasteiger partial charge in [-0.05, 0) is 11.6 Å². The van der Waals surface area contributed by atoms with E-state index in [-0.39, 0.29) is 0 Å². The number of alkyl halides is 1. The molecule has 60 valence electrons. The fourth-order valence-electron chi connectivity index (χ4n) is 0.247. The maximum Gasteiger partial charge on any atom is 0.258 e. The molecule has 10 heavy (non-hydrogen) atoms. The maximum absolute atomic E-state index is 10.7. The third-order valence-corrected chi connectivity index (χ3v) is 1.76. The number of rotatable bonds is 3. The average molecular weight is 205 g/mol. The lowest BCUT2D eigenvalue weighted by atomic mass is 10.7. The SMILES string of the molecule is C[S+](C)OC([O-])(Cl)C(=O)Cl. The van der Waals surface area contributed by atoms with Gasteiger partial charge in [0, 0.05) is 0 Å². The van der Waals surface area contributed by atoms with Crippen LogP contribution in [0.2, 0.25) is 0 Å². The van der Waals surface area contributed by atoms with Crippen LogP contribution in [0.15, 0.2) is 0 Å². The average Bonchev–Trinajstić information content (AvgIpc) is 1.60. The van der Waals surface area contributed by atoms with E-state index >= 15 is 0 Å². The quantitative estimate of drug-likeness (QED) is 0.278. The largest absolute Gasteiger partial charge is 0.805 e. The molecule has 0 radical (unpaired) electrons. The Kier molecular flexibility index (Phi) is 3.98. The highest BCUT2D eigenvalue weighted by Crippen LogP contribution is 2.15. The summed E-state index contributed by atoms with van der Waals surface area (Å²) < 4.78 is 4.46. The van der Waals surface area contributed by atoms with Crippen LogP contribution in [-0.2, 0) is 20.2 Å². The molecule has 0 aromatic carbocycles. The second-order valence-corrected chi connectivity index (χ2v) is 4.13. The summed E-state index contributed by atoms with van der Waals surface area (Å²) in [4.78, 5) is 10.2. The number of carbonyl (C=O) groups excluding carboxylic acids is 1. The van der Waals surface area contributed by atoms with Crippen LogP contribution in [0.5, 0.6) is 0 Å². The molecule has 0 aliphatic rings. The third-order valence-electron chi connectivity index (χ3n) is 0.509. The fourth-order valence-corrected chi connectivity index (χ4v) is 1.21. The van der Waals surface area contributed by atoms with Crippen molar-refractivity contribution in [3.63, 3.8) is 0 Å². The summed E-state index contributed by atoms with van der Waals surface area (Å²) in [6.45, 7) is 0. The molecule has 1 atom stereocenters. The van der Waals surface area contributed by atoms with Gasteiger partial charge in [0.25, 0.3) is 5.24 Å². The van der Waals surface area contributed by atoms with Crippen molar-refractivity contribution >= 4 is 39.6 Å². The van der Waals surface area contributed by atoms with E-state index in [4.69, 9.17) is 23.2 Å². The monoisotopic (exact) mass is 204 g/mol. The normalized spacial score (nSPS) is 17.0. The lowest BCUT2D eigenvalue weighted by Crippen LogP contribution is -2.47. The predicted molar refractivity (Wildman–Crippen MR) is 39.7 cm³/mol. The summed E-state index contributed by atoms with van der Waals surface area (Å²) in [7, 11) is 0. The molecule has 0 heterocycles. The summed E-state index contributed by atoms with van der Waals surface area (Å²) in [5.74, 6) is 0. The molecule has 0 saturated heterocycles. The van der Waals surface area contributed by atoms with Gasteiger partial charge in [0.2, 0.25) is 5.25 Å². The van der Waals surface area contributed by atoms with Crippen molar-refractivity contribution in [2.24, 2.45) is 0 Å². The molecule has 3 nitrogen and oxygen atoms in total. The molecular weight excluding hydrogens is 199 g/mol. The molecule has 0 aromatic rings. The van der Waals surface area contributed by atoms with E-state index in [9.17, 15) is 9.90 Å². The standard InChI is InChI=1S/C4H6Cl2O3S/c1-10(2)9-4(6,8)3(5)7/h1-2H3. The van der Waals surface area contributed by atoms with Gasteiger partial charge in [-0.25, -0.2) is 0 Å². The Morgan fingerprint density at radius 1 is 1.70 bits per heavy atom. The van der Waals surface area contributed by atoms with Gasteiger partial charge in [-0.2, -0.15) is 4.18 Å². The van der Waals surface area contributed by atoms with Crippen LogP contribution in [0, 0.1) is 0 Å². The van der Waals surface area contributed by atoms with E-state index in [1.807, 2.05) is 0 Å². The molecule has 0 aromatic heterocycles. The molecule has 0 aliphatic heterocycles. The highest BCUT2D eigenvalue weighted by Gasteiger charge is 2.29. The molecular formula is C4H6Cl2O3S. The Bertz CT molecular complexity index is 136. The molecule has 0 N–H and O–H groups in total. The van der Waals surface area contributed by atoms with Crippen LogP contribution in [0.4, 0.5) is 0 Å². The summed E-state index contributed by atoms with van der Waals surface area (Å²) >= 11 is 9.17. The Morgan fingerprint density at radius 3 is 2.20 bits per heavy atom. The van der Waals surface area contributed by atoms with Crippen LogP contribution in [0.25, 0.3) is 0 Å². The van der Waals surface area contributed by atoms with Gasteiger partial charge >= 0.3 is 0 Å². The highest BCUT2D eigenvalue weighted by molar-refractivity contribution is 7.91. The lowest BCUT2D eigenvalue weighted by molar-refractivity contribution is -0.474. The van der Waals surface area contributed by atoms with Crippen molar-refractivity contribution in [3.05, 3.63) is 0 Å². The zero-order valence-corrected chi connectivity index (χ0v) is 7.72. The summed E-state index contributed by atoms with van der Waals surface area (Å²) in [6.07, 6.45) is 3.21. The van der Waals surface area contributed by atoms with Crippen LogP contribution in [0.1, 0.15) is 0 Å². The molecule has 0 aliphatic carbocycles. The number of hydrogen-bond donors (Lipinski definition) is 0. The van der Waals surface area contributed by atoms with Crippen LogP contribution in [-0.4, -0.2) is 23.0 Å². The summed E-state index contributed by atoms with van der Waals surface area (Å²) in [5.41, 5.74) is 0. The Morgan fingerprint density at radius 2 is 2.10 bits per heavy atom. The first-order chi connectivity index (χ1) is 4.36. The first kappa shape index (κ1) is 10.5. The zero-order valence-electron chi connectivity index (χ0n) is 5.39. The molecule has 0 rings (SSSR count). The van der Waals surface area contributed by atoms with Crippen molar-refractivity contribution < 1.29 is 14.1 Å². The van der Waals surface area contributed by atoms with E-state index in [1.54, 1.807) is 12.5 Å². The minimum atomic E-state index is -2.62. The molecule has 0 bridgehead atoms. The molecule has 1 unspecified atom stereocenters. The number of hydrogen-bond acceptors (Lipinski definition) is 3. The van der Waals surface area contributed by atoms with Crippen LogP contribution in [0.3, 0.4) is 0 Å². The van der Waals surface area contributed by atoms with Crippen molar-refractivity contribution in [2.45, 2.75) is 5.25 Å². The molecule has 0 amide bonds. The predicted octanol–water partition coefficient (Wildman–Crippen LogP) is -0.186. The first-order valence-electron chi connectivity index (χ1n) is 2.22. The zero-order chi connectivity index (χ0) is 8.36. The number of halogens is 2. The summed E-state index contributed by atoms with van der Waals surface area (Å²) in [5, 5.41) is 6.82. The minimum absolute atomic E-state index is 0.655. The van der Waals surface area contributed by atoms with Crippen molar-refractivity contribution in [2.75, 3.05) is 12.5 Å². The molecule has 6 heteroatoms. The van der Waals surface area contributed by atoms with Crippen LogP contribution < -0.4 is 5.11 Å². The smallest absolute Gasteiger partial charge is 0.258 e. The Hall–Kier alpha value is 0.520. The topological polar surface area (TPSA) is 49.4 Å². The first-order valence-corrected chi connectivity index (χ1v) is 4.95. The van der Waals surface area contributed by atoms with Crippen molar-refractivity contribution in [1.82, 2.24) is 0 Å². The van der Waals surface area contributed by atoms with E-state index in [1.165, 1.54) is 0 Å². The fraction of sp³-hybridized carbons (Fsp3) is 0.750. The van der Waals surface area contributed by atoms with E-state index in [0.29, 0.717) is 0 Å². The Balaban J connectivity index is 4.00. The third kappa shape index (κ3) is 3.63. The Labute approximate surface area is 71.8 Å². The van der Waals surface area contributed by atoms with Gasteiger partial charge in [0.1, 0.15) is 23.7 Å². The van der Waals surface area contributed by atoms with E-state index < -0.39 is 21.7 Å². The van der Waals surface area contributed by atoms with Gasteiger partial charge in [-0.15, -0.1) is 0 Å². The number of carbonyl (C=O) groups is 1. The van der Waals surface area contributed by atoms with Gasteiger partial charge in [-0.3, -0.25) is 4.79 Å². The summed E-state index contributed by atoms with van der Waals surface area (Å²) in [6, 6.07) is 0. The molecule has 0 saturated carbocycles. The van der Waals surface area contributed by atoms with Gasteiger partial charge in [-0.1, -0.05) is 11.6 Å². The van der Waals surface area contributed by atoms with Gasteiger partial charge in [0.05, 0.1) is 0 Å². The molecule has 0 spiro atoms. The lowest BCUT2D eigenvalue weighted by Gasteiger charge is -2.23. The van der Waals surface area contributed by atoms with E-state index in [2.05, 4.69) is 4.18 Å². The van der Waals surface area contributed by atoms with Gasteiger partial charge < -0.3 is 5.11 Å². The van der Waals surface area contributed by atoms with E-state index in [0.717, 1.165) is 0 Å². The minimum Gasteiger partial charge on any atom is -0.805 e. The highest BCUT2D eigenvalue weighted by atomic mass is 35.5. The second kappa shape index (κ2) is 3.78. The molecule has 0 fully saturated rings. The van der Waals surface area contributed by atoms with Gasteiger partial charge in [0.15, 0.2) is 0 Å².